The molecule has 6 heteroatoms. The summed E-state index contributed by atoms with van der Waals surface area (Å²) in [6.45, 7) is 0. The first-order valence-corrected chi connectivity index (χ1v) is 3.03. The number of hydrogen-bond donors (Lipinski definition) is 1. The summed E-state index contributed by atoms with van der Waals surface area (Å²) in [7, 11) is 0. The molecular formula is C4H2Cl2N2O2. The van der Waals surface area contributed by atoms with Crippen molar-refractivity contribution in [3.63, 3.8) is 0 Å². The van der Waals surface area contributed by atoms with Crippen molar-refractivity contribution in [2.45, 2.75) is 4.46 Å². The van der Waals surface area contributed by atoms with E-state index in [-0.39, 0.29) is 5.84 Å². The van der Waals surface area contributed by atoms with Crippen LogP contribution >= 0.6 is 23.2 Å². The maximum atomic E-state index is 10.1. The van der Waals surface area contributed by atoms with Crippen molar-refractivity contribution in [3.05, 3.63) is 0 Å². The lowest BCUT2D eigenvalue weighted by atomic mass is 10.6. The van der Waals surface area contributed by atoms with Crippen LogP contribution in [-0.2, 0) is 4.79 Å². The Morgan fingerprint density at radius 2 is 2.30 bits per heavy atom. The first-order chi connectivity index (χ1) is 4.51. The van der Waals surface area contributed by atoms with Crippen molar-refractivity contribution >= 4 is 41.2 Å². The molecule has 0 aromatic carbocycles. The average Bonchev–Trinajstić information content (AvgIpc) is 2.10. The van der Waals surface area contributed by atoms with E-state index in [1.165, 1.54) is 0 Å². The molecule has 0 aliphatic carbocycles. The van der Waals surface area contributed by atoms with E-state index < -0.39 is 10.4 Å². The van der Waals surface area contributed by atoms with Gasteiger partial charge in [0.1, 0.15) is 0 Å². The highest BCUT2D eigenvalue weighted by atomic mass is 35.5. The first-order valence-electron chi connectivity index (χ1n) is 2.27. The minimum atomic E-state index is -1.49. The molecule has 0 unspecified atom stereocenters. The predicted molar refractivity (Wildman–Crippen MR) is 38.0 cm³/mol. The summed E-state index contributed by atoms with van der Waals surface area (Å²) < 4.78 is -1.49. The lowest BCUT2D eigenvalue weighted by Crippen LogP contribution is -2.10. The van der Waals surface area contributed by atoms with E-state index in [4.69, 9.17) is 28.3 Å². The lowest BCUT2D eigenvalue weighted by Gasteiger charge is -1.98. The molecular weight excluding hydrogens is 179 g/mol. The molecule has 0 spiro atoms. The summed E-state index contributed by atoms with van der Waals surface area (Å²) in [5.74, 6) is -1.61. The van der Waals surface area contributed by atoms with Gasteiger partial charge in [-0.15, -0.1) is 0 Å². The van der Waals surface area contributed by atoms with Gasteiger partial charge < -0.3 is 5.11 Å². The number of carbonyl (C=O) groups is 1. The van der Waals surface area contributed by atoms with Gasteiger partial charge >= 0.3 is 5.97 Å². The summed E-state index contributed by atoms with van der Waals surface area (Å²) in [6, 6.07) is 0. The molecule has 0 amide bonds. The van der Waals surface area contributed by atoms with Crippen molar-refractivity contribution in [1.82, 2.24) is 0 Å². The fourth-order valence-corrected chi connectivity index (χ4v) is 0.698. The van der Waals surface area contributed by atoms with E-state index in [2.05, 4.69) is 9.98 Å². The fraction of sp³-hybridized carbons (Fsp3) is 0.250. The number of amidine groups is 1. The SMILES string of the molecule is O=C(O)C1=NC(Cl)(Cl)C=N1. The lowest BCUT2D eigenvalue weighted by molar-refractivity contribution is -0.129. The van der Waals surface area contributed by atoms with Crippen LogP contribution in [0.25, 0.3) is 0 Å². The molecule has 1 N–H and O–H groups in total. The van der Waals surface area contributed by atoms with Crippen molar-refractivity contribution in [2.75, 3.05) is 0 Å². The molecule has 0 atom stereocenters. The van der Waals surface area contributed by atoms with Crippen molar-refractivity contribution < 1.29 is 9.90 Å². The third kappa shape index (κ3) is 1.46. The highest BCUT2D eigenvalue weighted by Gasteiger charge is 2.28. The zero-order chi connectivity index (χ0) is 7.78. The van der Waals surface area contributed by atoms with Gasteiger partial charge in [0.25, 0.3) is 0 Å². The highest BCUT2D eigenvalue weighted by Crippen LogP contribution is 2.23. The number of aliphatic carboxylic acids is 1. The Labute approximate surface area is 66.2 Å². The number of carboxylic acid groups (broad SMARTS) is 1. The maximum Gasteiger partial charge on any atom is 0.373 e. The van der Waals surface area contributed by atoms with Crippen LogP contribution in [0.1, 0.15) is 0 Å². The Morgan fingerprint density at radius 3 is 2.50 bits per heavy atom. The van der Waals surface area contributed by atoms with Crippen LogP contribution in [0.15, 0.2) is 9.98 Å². The summed E-state index contributed by atoms with van der Waals surface area (Å²) in [6.07, 6.45) is 1.06. The van der Waals surface area contributed by atoms with Gasteiger partial charge in [0, 0.05) is 0 Å². The molecule has 0 aromatic rings. The van der Waals surface area contributed by atoms with Gasteiger partial charge in [-0.05, 0) is 0 Å². The topological polar surface area (TPSA) is 62.0 Å². The van der Waals surface area contributed by atoms with E-state index in [1.54, 1.807) is 0 Å². The number of rotatable bonds is 1. The van der Waals surface area contributed by atoms with Gasteiger partial charge in [-0.3, -0.25) is 0 Å². The highest BCUT2D eigenvalue weighted by molar-refractivity contribution is 6.59. The third-order valence-corrected chi connectivity index (χ3v) is 1.15. The Hall–Kier alpha value is -0.610. The second-order valence-corrected chi connectivity index (χ2v) is 2.93. The number of alkyl halides is 2. The second kappa shape index (κ2) is 2.21. The van der Waals surface area contributed by atoms with Crippen molar-refractivity contribution in [2.24, 2.45) is 9.98 Å². The minimum Gasteiger partial charge on any atom is -0.475 e. The van der Waals surface area contributed by atoms with Gasteiger partial charge in [0.05, 0.1) is 6.21 Å². The first kappa shape index (κ1) is 7.50. The van der Waals surface area contributed by atoms with Crippen LogP contribution in [0.5, 0.6) is 0 Å². The Kier molecular flexibility index (Phi) is 1.66. The molecule has 0 aromatic heterocycles. The van der Waals surface area contributed by atoms with Gasteiger partial charge in [-0.2, -0.15) is 0 Å². The van der Waals surface area contributed by atoms with Crippen LogP contribution in [0.2, 0.25) is 0 Å². The number of halogens is 2. The molecule has 0 saturated heterocycles. The van der Waals surface area contributed by atoms with Gasteiger partial charge in [-0.1, -0.05) is 23.2 Å². The normalized spacial score (nSPS) is 20.8. The number of nitrogens with zero attached hydrogens (tertiary/aromatic N) is 2. The van der Waals surface area contributed by atoms with E-state index in [0.29, 0.717) is 0 Å². The Balaban J connectivity index is 2.88. The molecule has 1 heterocycles. The predicted octanol–water partition coefficient (Wildman–Crippen LogP) is 0.685. The fourth-order valence-electron chi connectivity index (χ4n) is 0.441. The minimum absolute atomic E-state index is 0.370. The van der Waals surface area contributed by atoms with E-state index in [9.17, 15) is 4.79 Å². The largest absolute Gasteiger partial charge is 0.475 e. The number of aliphatic imine (C=N–C) groups is 2. The molecule has 4 nitrogen and oxygen atoms in total. The van der Waals surface area contributed by atoms with Crippen molar-refractivity contribution in [3.8, 4) is 0 Å². The molecule has 1 rings (SSSR count). The van der Waals surface area contributed by atoms with Crippen LogP contribution in [-0.4, -0.2) is 27.6 Å². The Morgan fingerprint density at radius 1 is 1.70 bits per heavy atom. The van der Waals surface area contributed by atoms with Crippen LogP contribution < -0.4 is 0 Å². The van der Waals surface area contributed by atoms with Crippen LogP contribution in [0.4, 0.5) is 0 Å². The smallest absolute Gasteiger partial charge is 0.373 e. The summed E-state index contributed by atoms with van der Waals surface area (Å²) in [5, 5.41) is 8.28. The van der Waals surface area contributed by atoms with Gasteiger partial charge in [0.2, 0.25) is 10.3 Å². The molecule has 0 radical (unpaired) electrons. The Bertz CT molecular complexity index is 233. The molecule has 1 aliphatic rings. The van der Waals surface area contributed by atoms with Crippen LogP contribution in [0.3, 0.4) is 0 Å². The zero-order valence-corrected chi connectivity index (χ0v) is 6.10. The maximum absolute atomic E-state index is 10.1. The van der Waals surface area contributed by atoms with Gasteiger partial charge in [0.15, 0.2) is 0 Å². The van der Waals surface area contributed by atoms with Gasteiger partial charge in [-0.25, -0.2) is 14.8 Å². The average molecular weight is 181 g/mol. The molecule has 54 valence electrons. The molecule has 0 saturated carbocycles. The summed E-state index contributed by atoms with van der Waals surface area (Å²) in [4.78, 5) is 16.8. The summed E-state index contributed by atoms with van der Waals surface area (Å²) >= 11 is 10.7. The third-order valence-electron chi connectivity index (χ3n) is 0.788. The van der Waals surface area contributed by atoms with E-state index in [1.807, 2.05) is 0 Å². The monoisotopic (exact) mass is 180 g/mol. The summed E-state index contributed by atoms with van der Waals surface area (Å²) in [5.41, 5.74) is 0. The number of carboxylic acids is 1. The van der Waals surface area contributed by atoms with Crippen LogP contribution in [0, 0.1) is 0 Å². The molecule has 0 fully saturated rings. The molecule has 1 aliphatic heterocycles. The molecule has 0 bridgehead atoms. The number of hydrogen-bond acceptors (Lipinski definition) is 3. The standard InChI is InChI=1S/C4H2Cl2N2O2/c5-4(6)1-7-2(8-4)3(9)10/h1H,(H,9,10). The second-order valence-electron chi connectivity index (χ2n) is 1.59. The van der Waals surface area contributed by atoms with E-state index >= 15 is 0 Å². The molecule has 10 heavy (non-hydrogen) atoms. The van der Waals surface area contributed by atoms with Crippen molar-refractivity contribution in [1.29, 1.82) is 0 Å². The zero-order valence-electron chi connectivity index (χ0n) is 4.58. The quantitative estimate of drug-likeness (QED) is 0.477. The van der Waals surface area contributed by atoms with E-state index in [0.717, 1.165) is 6.21 Å².